The molecule has 0 atom stereocenters. The third kappa shape index (κ3) is 4.68. The zero-order valence-electron chi connectivity index (χ0n) is 12.3. The Labute approximate surface area is 125 Å². The molecule has 2 rings (SSSR count). The van der Waals surface area contributed by atoms with Crippen LogP contribution in [0.1, 0.15) is 0 Å². The Hall–Kier alpha value is -2.21. The van der Waals surface area contributed by atoms with Crippen LogP contribution in [0.25, 0.3) is 0 Å². The van der Waals surface area contributed by atoms with E-state index in [2.05, 4.69) is 10.0 Å². The van der Waals surface area contributed by atoms with Crippen molar-refractivity contribution < 1.29 is 8.42 Å². The van der Waals surface area contributed by atoms with E-state index in [1.54, 1.807) is 12.1 Å². The molecule has 0 saturated carbocycles. The summed E-state index contributed by atoms with van der Waals surface area (Å²) in [6, 6.07) is 15.1. The number of hydrogen-bond donors (Lipinski definition) is 2. The summed E-state index contributed by atoms with van der Waals surface area (Å²) in [5.74, 6) is 0. The second-order valence-electron chi connectivity index (χ2n) is 5.02. The molecule has 5 nitrogen and oxygen atoms in total. The van der Waals surface area contributed by atoms with Crippen molar-refractivity contribution in [2.45, 2.75) is 0 Å². The van der Waals surface area contributed by atoms with Crippen LogP contribution in [0.15, 0.2) is 48.5 Å². The highest BCUT2D eigenvalue weighted by Crippen LogP contribution is 2.21. The highest BCUT2D eigenvalue weighted by molar-refractivity contribution is 7.92. The van der Waals surface area contributed by atoms with Crippen LogP contribution < -0.4 is 14.9 Å². The first kappa shape index (κ1) is 15.2. The Kier molecular flexibility index (Phi) is 4.37. The van der Waals surface area contributed by atoms with E-state index in [4.69, 9.17) is 0 Å². The normalized spacial score (nSPS) is 11.0. The first-order valence-electron chi connectivity index (χ1n) is 6.46. The Morgan fingerprint density at radius 2 is 1.24 bits per heavy atom. The van der Waals surface area contributed by atoms with Crippen molar-refractivity contribution in [3.05, 3.63) is 48.5 Å². The Morgan fingerprint density at radius 3 is 1.67 bits per heavy atom. The molecule has 0 unspecified atom stereocenters. The molecule has 0 aromatic heterocycles. The van der Waals surface area contributed by atoms with E-state index in [1.807, 2.05) is 55.4 Å². The standard InChI is InChI=1S/C15H19N3O2S/c1-18(2)15-10-8-13(9-11-15)16-12-4-6-14(7-5-12)17-21(3,19)20/h4-11,16-17H,1-3H3. The maximum atomic E-state index is 11.1. The van der Waals surface area contributed by atoms with E-state index >= 15 is 0 Å². The third-order valence-corrected chi connectivity index (χ3v) is 3.47. The lowest BCUT2D eigenvalue weighted by Crippen LogP contribution is -2.09. The van der Waals surface area contributed by atoms with Gasteiger partial charge in [0, 0.05) is 36.8 Å². The van der Waals surface area contributed by atoms with Crippen LogP contribution in [-0.2, 0) is 10.0 Å². The molecule has 2 aromatic carbocycles. The van der Waals surface area contributed by atoms with Gasteiger partial charge in [-0.1, -0.05) is 0 Å². The number of nitrogens with zero attached hydrogens (tertiary/aromatic N) is 1. The van der Waals surface area contributed by atoms with Crippen molar-refractivity contribution in [1.82, 2.24) is 0 Å². The predicted octanol–water partition coefficient (Wildman–Crippen LogP) is 2.87. The van der Waals surface area contributed by atoms with Gasteiger partial charge in [-0.05, 0) is 48.5 Å². The summed E-state index contributed by atoms with van der Waals surface area (Å²) in [6.45, 7) is 0. The molecular formula is C15H19N3O2S. The van der Waals surface area contributed by atoms with Crippen molar-refractivity contribution >= 4 is 32.8 Å². The fourth-order valence-electron chi connectivity index (χ4n) is 1.85. The number of nitrogens with one attached hydrogen (secondary N) is 2. The number of rotatable bonds is 5. The molecule has 0 aliphatic rings. The first-order valence-corrected chi connectivity index (χ1v) is 8.35. The summed E-state index contributed by atoms with van der Waals surface area (Å²) in [5, 5.41) is 3.26. The average Bonchev–Trinajstić information content (AvgIpc) is 2.40. The van der Waals surface area contributed by atoms with Gasteiger partial charge in [0.1, 0.15) is 0 Å². The summed E-state index contributed by atoms with van der Waals surface area (Å²) >= 11 is 0. The molecule has 0 aliphatic carbocycles. The smallest absolute Gasteiger partial charge is 0.229 e. The fraction of sp³-hybridized carbons (Fsp3) is 0.200. The van der Waals surface area contributed by atoms with Crippen LogP contribution >= 0.6 is 0 Å². The Bertz CT molecular complexity index is 693. The fourth-order valence-corrected chi connectivity index (χ4v) is 2.41. The first-order chi connectivity index (χ1) is 9.83. The van der Waals surface area contributed by atoms with Crippen molar-refractivity contribution in [3.8, 4) is 0 Å². The summed E-state index contributed by atoms with van der Waals surface area (Å²) in [5.41, 5.74) is 3.55. The van der Waals surface area contributed by atoms with Gasteiger partial charge >= 0.3 is 0 Å². The van der Waals surface area contributed by atoms with Crippen LogP contribution in [-0.4, -0.2) is 28.8 Å². The van der Waals surface area contributed by atoms with Crippen molar-refractivity contribution in [2.24, 2.45) is 0 Å². The molecule has 0 spiro atoms. The van der Waals surface area contributed by atoms with E-state index < -0.39 is 10.0 Å². The van der Waals surface area contributed by atoms with Gasteiger partial charge in [-0.15, -0.1) is 0 Å². The van der Waals surface area contributed by atoms with Gasteiger partial charge in [-0.3, -0.25) is 4.72 Å². The molecule has 21 heavy (non-hydrogen) atoms. The zero-order valence-corrected chi connectivity index (χ0v) is 13.1. The number of anilines is 4. The number of sulfonamides is 1. The van der Waals surface area contributed by atoms with Gasteiger partial charge in [0.2, 0.25) is 10.0 Å². The van der Waals surface area contributed by atoms with E-state index in [-0.39, 0.29) is 0 Å². The minimum Gasteiger partial charge on any atom is -0.378 e. The topological polar surface area (TPSA) is 61.4 Å². The van der Waals surface area contributed by atoms with Gasteiger partial charge in [0.25, 0.3) is 0 Å². The number of hydrogen-bond acceptors (Lipinski definition) is 4. The minimum atomic E-state index is -3.24. The van der Waals surface area contributed by atoms with Crippen molar-refractivity contribution in [2.75, 3.05) is 35.3 Å². The maximum absolute atomic E-state index is 11.1. The molecule has 0 aliphatic heterocycles. The average molecular weight is 305 g/mol. The molecule has 2 N–H and O–H groups in total. The third-order valence-electron chi connectivity index (χ3n) is 2.86. The molecule has 0 heterocycles. The van der Waals surface area contributed by atoms with Gasteiger partial charge in [-0.25, -0.2) is 8.42 Å². The molecular weight excluding hydrogens is 286 g/mol. The second kappa shape index (κ2) is 6.05. The molecule has 0 bridgehead atoms. The molecule has 0 amide bonds. The summed E-state index contributed by atoms with van der Waals surface area (Å²) in [7, 11) is 0.755. The number of benzene rings is 2. The van der Waals surface area contributed by atoms with E-state index in [0.29, 0.717) is 5.69 Å². The molecule has 2 aromatic rings. The van der Waals surface area contributed by atoms with Crippen LogP contribution in [0.3, 0.4) is 0 Å². The van der Waals surface area contributed by atoms with Crippen LogP contribution in [0, 0.1) is 0 Å². The lowest BCUT2D eigenvalue weighted by molar-refractivity contribution is 0.607. The summed E-state index contributed by atoms with van der Waals surface area (Å²) in [6.07, 6.45) is 1.13. The lowest BCUT2D eigenvalue weighted by atomic mass is 10.2. The van der Waals surface area contributed by atoms with E-state index in [1.165, 1.54) is 0 Å². The minimum absolute atomic E-state index is 0.547. The van der Waals surface area contributed by atoms with E-state index in [9.17, 15) is 8.42 Å². The van der Waals surface area contributed by atoms with Gasteiger partial charge in [0.05, 0.1) is 6.26 Å². The predicted molar refractivity (Wildman–Crippen MR) is 89.0 cm³/mol. The molecule has 0 fully saturated rings. The Balaban J connectivity index is 2.06. The molecule has 0 radical (unpaired) electrons. The largest absolute Gasteiger partial charge is 0.378 e. The monoisotopic (exact) mass is 305 g/mol. The summed E-state index contributed by atoms with van der Waals surface area (Å²) in [4.78, 5) is 2.04. The zero-order chi connectivity index (χ0) is 15.5. The molecule has 6 heteroatoms. The van der Waals surface area contributed by atoms with Gasteiger partial charge in [-0.2, -0.15) is 0 Å². The van der Waals surface area contributed by atoms with Crippen molar-refractivity contribution in [1.29, 1.82) is 0 Å². The quantitative estimate of drug-likeness (QED) is 0.891. The van der Waals surface area contributed by atoms with Crippen LogP contribution in [0.4, 0.5) is 22.7 Å². The van der Waals surface area contributed by atoms with E-state index in [0.717, 1.165) is 23.3 Å². The SMILES string of the molecule is CN(C)c1ccc(Nc2ccc(NS(C)(=O)=O)cc2)cc1. The highest BCUT2D eigenvalue weighted by atomic mass is 32.2. The summed E-state index contributed by atoms with van der Waals surface area (Å²) < 4.78 is 24.7. The molecule has 0 saturated heterocycles. The maximum Gasteiger partial charge on any atom is 0.229 e. The van der Waals surface area contributed by atoms with Crippen molar-refractivity contribution in [3.63, 3.8) is 0 Å². The molecule has 112 valence electrons. The van der Waals surface area contributed by atoms with Gasteiger partial charge in [0.15, 0.2) is 0 Å². The van der Waals surface area contributed by atoms with Crippen LogP contribution in [0.2, 0.25) is 0 Å². The van der Waals surface area contributed by atoms with Crippen LogP contribution in [0.5, 0.6) is 0 Å². The van der Waals surface area contributed by atoms with Gasteiger partial charge < -0.3 is 10.2 Å². The highest BCUT2D eigenvalue weighted by Gasteiger charge is 2.02. The lowest BCUT2D eigenvalue weighted by Gasteiger charge is -2.13. The Morgan fingerprint density at radius 1 is 0.810 bits per heavy atom. The second-order valence-corrected chi connectivity index (χ2v) is 6.77.